The van der Waals surface area contributed by atoms with Crippen LogP contribution in [0.1, 0.15) is 13.8 Å². The maximum absolute atomic E-state index is 11.7. The Labute approximate surface area is 88.7 Å². The van der Waals surface area contributed by atoms with Crippen molar-refractivity contribution in [1.82, 2.24) is 10.2 Å². The summed E-state index contributed by atoms with van der Waals surface area (Å²) >= 11 is 0. The van der Waals surface area contributed by atoms with Crippen LogP contribution in [0.25, 0.3) is 0 Å². The molecule has 0 aliphatic carbocycles. The zero-order valence-corrected chi connectivity index (χ0v) is 9.03. The van der Waals surface area contributed by atoms with Crippen LogP contribution in [0, 0.1) is 0 Å². The number of nitrogens with one attached hydrogen (secondary N) is 1. The molecule has 86 valence electrons. The van der Waals surface area contributed by atoms with Gasteiger partial charge in [0.05, 0.1) is 13.2 Å². The molecule has 15 heavy (non-hydrogen) atoms. The summed E-state index contributed by atoms with van der Waals surface area (Å²) in [5.41, 5.74) is 5.19. The molecule has 6 nitrogen and oxygen atoms in total. The van der Waals surface area contributed by atoms with Gasteiger partial charge in [-0.2, -0.15) is 0 Å². The zero-order chi connectivity index (χ0) is 11.4. The third kappa shape index (κ3) is 3.09. The molecule has 3 N–H and O–H groups in total. The lowest BCUT2D eigenvalue weighted by Crippen LogP contribution is -2.58. The van der Waals surface area contributed by atoms with Crippen molar-refractivity contribution in [3.05, 3.63) is 0 Å². The molecule has 1 saturated heterocycles. The Hall–Kier alpha value is -1.30. The van der Waals surface area contributed by atoms with Gasteiger partial charge in [0, 0.05) is 12.6 Å². The minimum Gasteiger partial charge on any atom is -0.377 e. The van der Waals surface area contributed by atoms with Gasteiger partial charge in [-0.15, -0.1) is 0 Å². The monoisotopic (exact) mass is 215 g/mol. The molecular weight excluding hydrogens is 198 g/mol. The molecule has 6 heteroatoms. The predicted octanol–water partition coefficient (Wildman–Crippen LogP) is -0.709. The highest BCUT2D eigenvalue weighted by atomic mass is 16.5. The van der Waals surface area contributed by atoms with Gasteiger partial charge in [0.1, 0.15) is 6.04 Å². The number of nitrogens with zero attached hydrogens (tertiary/aromatic N) is 1. The van der Waals surface area contributed by atoms with Crippen LogP contribution in [-0.2, 0) is 9.53 Å². The maximum Gasteiger partial charge on any atom is 0.318 e. The lowest BCUT2D eigenvalue weighted by atomic mass is 10.2. The summed E-state index contributed by atoms with van der Waals surface area (Å²) in [7, 11) is 0. The zero-order valence-electron chi connectivity index (χ0n) is 9.03. The van der Waals surface area contributed by atoms with Crippen molar-refractivity contribution in [2.75, 3.05) is 19.8 Å². The second kappa shape index (κ2) is 4.97. The summed E-state index contributed by atoms with van der Waals surface area (Å²) in [6, 6.07) is -0.886. The second-order valence-corrected chi connectivity index (χ2v) is 3.79. The fraction of sp³-hybridized carbons (Fsp3) is 0.778. The normalized spacial score (nSPS) is 21.5. The molecular formula is C9H17N3O3. The van der Waals surface area contributed by atoms with Crippen LogP contribution in [0.4, 0.5) is 4.79 Å². The number of morpholine rings is 1. The van der Waals surface area contributed by atoms with Gasteiger partial charge < -0.3 is 20.7 Å². The summed E-state index contributed by atoms with van der Waals surface area (Å²) in [5, 5.41) is 2.72. The molecule has 0 saturated carbocycles. The molecule has 1 aliphatic heterocycles. The fourth-order valence-electron chi connectivity index (χ4n) is 1.41. The molecule has 0 radical (unpaired) electrons. The summed E-state index contributed by atoms with van der Waals surface area (Å²) in [4.78, 5) is 24.2. The topological polar surface area (TPSA) is 84.7 Å². The molecule has 0 spiro atoms. The van der Waals surface area contributed by atoms with Crippen molar-refractivity contribution < 1.29 is 14.3 Å². The molecule has 1 heterocycles. The SMILES string of the molecule is CC(C)NC(=O)N1CCOCC1C(N)=O. The number of carbonyl (C=O) groups is 2. The minimum absolute atomic E-state index is 0.0360. The first-order valence-corrected chi connectivity index (χ1v) is 4.96. The largest absolute Gasteiger partial charge is 0.377 e. The Bertz CT molecular complexity index is 255. The molecule has 3 amide bonds. The molecule has 0 bridgehead atoms. The summed E-state index contributed by atoms with van der Waals surface area (Å²) < 4.78 is 5.11. The van der Waals surface area contributed by atoms with Crippen LogP contribution >= 0.6 is 0 Å². The maximum atomic E-state index is 11.7. The third-order valence-corrected chi connectivity index (χ3v) is 2.13. The van der Waals surface area contributed by atoms with Crippen LogP contribution in [0.5, 0.6) is 0 Å². The lowest BCUT2D eigenvalue weighted by molar-refractivity contribution is -0.127. The number of primary amides is 1. The van der Waals surface area contributed by atoms with Gasteiger partial charge in [-0.05, 0) is 13.8 Å². The number of rotatable bonds is 2. The van der Waals surface area contributed by atoms with E-state index >= 15 is 0 Å². The summed E-state index contributed by atoms with van der Waals surface area (Å²) in [6.07, 6.45) is 0. The van der Waals surface area contributed by atoms with E-state index in [1.807, 2.05) is 13.8 Å². The van der Waals surface area contributed by atoms with E-state index in [1.54, 1.807) is 0 Å². The number of hydrogen-bond acceptors (Lipinski definition) is 3. The first-order valence-electron chi connectivity index (χ1n) is 4.96. The van der Waals surface area contributed by atoms with E-state index in [2.05, 4.69) is 5.32 Å². The first kappa shape index (κ1) is 11.8. The number of carbonyl (C=O) groups excluding carboxylic acids is 2. The van der Waals surface area contributed by atoms with Gasteiger partial charge in [0.15, 0.2) is 0 Å². The molecule has 0 aromatic heterocycles. The van der Waals surface area contributed by atoms with Gasteiger partial charge in [0.25, 0.3) is 0 Å². The number of hydrogen-bond donors (Lipinski definition) is 2. The lowest BCUT2D eigenvalue weighted by Gasteiger charge is -2.33. The van der Waals surface area contributed by atoms with Crippen molar-refractivity contribution in [3.63, 3.8) is 0 Å². The molecule has 1 aliphatic rings. The highest BCUT2D eigenvalue weighted by Gasteiger charge is 2.31. The average Bonchev–Trinajstić information content (AvgIpc) is 2.16. The van der Waals surface area contributed by atoms with Crippen LogP contribution in [0.3, 0.4) is 0 Å². The van der Waals surface area contributed by atoms with Crippen LogP contribution in [-0.4, -0.2) is 48.7 Å². The third-order valence-electron chi connectivity index (χ3n) is 2.13. The molecule has 1 unspecified atom stereocenters. The number of nitrogens with two attached hydrogens (primary N) is 1. The minimum atomic E-state index is -0.655. The van der Waals surface area contributed by atoms with Crippen molar-refractivity contribution in [2.45, 2.75) is 25.9 Å². The van der Waals surface area contributed by atoms with Gasteiger partial charge in [-0.1, -0.05) is 0 Å². The van der Waals surface area contributed by atoms with E-state index in [-0.39, 0.29) is 18.7 Å². The molecule has 0 aromatic rings. The number of amides is 3. The Kier molecular flexibility index (Phi) is 3.90. The predicted molar refractivity (Wildman–Crippen MR) is 54.2 cm³/mol. The summed E-state index contributed by atoms with van der Waals surface area (Å²) in [6.45, 7) is 4.73. The van der Waals surface area contributed by atoms with E-state index in [4.69, 9.17) is 10.5 Å². The first-order chi connectivity index (χ1) is 7.02. The quantitative estimate of drug-likeness (QED) is 0.638. The Morgan fingerprint density at radius 1 is 1.53 bits per heavy atom. The van der Waals surface area contributed by atoms with Crippen molar-refractivity contribution in [3.8, 4) is 0 Å². The van der Waals surface area contributed by atoms with Crippen LogP contribution in [0.2, 0.25) is 0 Å². The van der Waals surface area contributed by atoms with Crippen molar-refractivity contribution in [2.24, 2.45) is 5.73 Å². The van der Waals surface area contributed by atoms with Gasteiger partial charge in [-0.25, -0.2) is 4.79 Å². The van der Waals surface area contributed by atoms with Crippen LogP contribution in [0.15, 0.2) is 0 Å². The average molecular weight is 215 g/mol. The van der Waals surface area contributed by atoms with Crippen molar-refractivity contribution >= 4 is 11.9 Å². The van der Waals surface area contributed by atoms with E-state index < -0.39 is 11.9 Å². The highest BCUT2D eigenvalue weighted by Crippen LogP contribution is 2.06. The Balaban J connectivity index is 2.63. The van der Waals surface area contributed by atoms with Gasteiger partial charge >= 0.3 is 6.03 Å². The number of ether oxygens (including phenoxy) is 1. The van der Waals surface area contributed by atoms with E-state index in [9.17, 15) is 9.59 Å². The molecule has 1 atom stereocenters. The standard InChI is InChI=1S/C9H17N3O3/c1-6(2)11-9(14)12-3-4-15-5-7(12)8(10)13/h6-7H,3-5H2,1-2H3,(H2,10,13)(H,11,14). The highest BCUT2D eigenvalue weighted by molar-refractivity contribution is 5.86. The second-order valence-electron chi connectivity index (χ2n) is 3.79. The molecule has 1 rings (SSSR count). The van der Waals surface area contributed by atoms with Gasteiger partial charge in [-0.3, -0.25) is 4.79 Å². The van der Waals surface area contributed by atoms with E-state index in [0.29, 0.717) is 13.2 Å². The molecule has 1 fully saturated rings. The fourth-order valence-corrected chi connectivity index (χ4v) is 1.41. The number of urea groups is 1. The smallest absolute Gasteiger partial charge is 0.318 e. The summed E-state index contributed by atoms with van der Waals surface area (Å²) in [5.74, 6) is -0.534. The molecule has 0 aromatic carbocycles. The van der Waals surface area contributed by atoms with Crippen LogP contribution < -0.4 is 11.1 Å². The van der Waals surface area contributed by atoms with E-state index in [1.165, 1.54) is 4.90 Å². The van der Waals surface area contributed by atoms with Gasteiger partial charge in [0.2, 0.25) is 5.91 Å². The Morgan fingerprint density at radius 3 is 2.73 bits per heavy atom. The van der Waals surface area contributed by atoms with E-state index in [0.717, 1.165) is 0 Å². The Morgan fingerprint density at radius 2 is 2.20 bits per heavy atom. The van der Waals surface area contributed by atoms with Crippen molar-refractivity contribution in [1.29, 1.82) is 0 Å².